The summed E-state index contributed by atoms with van der Waals surface area (Å²) in [5, 5.41) is 0. The van der Waals surface area contributed by atoms with Crippen LogP contribution in [-0.4, -0.2) is 23.7 Å². The molecule has 1 aliphatic heterocycles. The van der Waals surface area contributed by atoms with Crippen molar-refractivity contribution in [3.63, 3.8) is 0 Å². The van der Waals surface area contributed by atoms with E-state index in [1.807, 2.05) is 0 Å². The van der Waals surface area contributed by atoms with Crippen molar-refractivity contribution in [2.75, 3.05) is 10.8 Å². The second-order valence-corrected chi connectivity index (χ2v) is 6.55. The first-order valence-corrected chi connectivity index (χ1v) is 8.29. The average molecular weight is 336 g/mol. The molecular weight excluding hydrogens is 318 g/mol. The number of carbonyl (C=O) groups excluding carboxylic acids is 3. The predicted octanol–water partition coefficient (Wildman–Crippen LogP) is 3.04. The molecule has 1 saturated carbocycles. The van der Waals surface area contributed by atoms with E-state index in [1.54, 1.807) is 24.3 Å². The number of rotatable bonds is 3. The molecule has 1 saturated heterocycles. The molecule has 0 radical (unpaired) electrons. The minimum Gasteiger partial charge on any atom is -0.426 e. The molecule has 1 aliphatic carbocycles. The van der Waals surface area contributed by atoms with Gasteiger partial charge < -0.3 is 4.74 Å². The summed E-state index contributed by atoms with van der Waals surface area (Å²) in [6, 6.07) is 6.33. The van der Waals surface area contributed by atoms with Gasteiger partial charge in [0.15, 0.2) is 0 Å². The zero-order valence-electron chi connectivity index (χ0n) is 12.7. The Morgan fingerprint density at radius 3 is 2.17 bits per heavy atom. The summed E-state index contributed by atoms with van der Waals surface area (Å²) < 4.78 is 4.98. The molecule has 0 bridgehead atoms. The first-order valence-electron chi connectivity index (χ1n) is 7.75. The summed E-state index contributed by atoms with van der Waals surface area (Å²) in [7, 11) is 0. The lowest BCUT2D eigenvalue weighted by Gasteiger charge is -2.37. The van der Waals surface area contributed by atoms with Crippen LogP contribution in [-0.2, 0) is 14.4 Å². The third-order valence-corrected chi connectivity index (χ3v) is 4.87. The molecule has 2 aliphatic rings. The Bertz CT molecular complexity index is 614. The van der Waals surface area contributed by atoms with E-state index < -0.39 is 5.97 Å². The molecule has 1 aromatic rings. The van der Waals surface area contributed by atoms with Crippen LogP contribution in [0.3, 0.4) is 0 Å². The predicted molar refractivity (Wildman–Crippen MR) is 85.4 cm³/mol. The van der Waals surface area contributed by atoms with E-state index in [0.29, 0.717) is 24.3 Å². The van der Waals surface area contributed by atoms with Gasteiger partial charge in [0.05, 0.1) is 5.69 Å². The third-order valence-electron chi connectivity index (χ3n) is 4.65. The van der Waals surface area contributed by atoms with Crippen molar-refractivity contribution >= 4 is 35.1 Å². The van der Waals surface area contributed by atoms with E-state index >= 15 is 0 Å². The van der Waals surface area contributed by atoms with Crippen LogP contribution in [0.25, 0.3) is 0 Å². The van der Waals surface area contributed by atoms with Crippen LogP contribution in [0.1, 0.15) is 38.5 Å². The lowest BCUT2D eigenvalue weighted by atomic mass is 9.76. The summed E-state index contributed by atoms with van der Waals surface area (Å²) in [5.41, 5.74) is 0.402. The normalized spacial score (nSPS) is 20.1. The molecule has 6 heteroatoms. The SMILES string of the molecule is O=C(CCl)Oc1ccc(N2C(=O)CC3(CCCC3)CC2=O)cc1. The van der Waals surface area contributed by atoms with Crippen LogP contribution in [0.4, 0.5) is 5.69 Å². The van der Waals surface area contributed by atoms with Crippen molar-refractivity contribution in [2.45, 2.75) is 38.5 Å². The highest BCUT2D eigenvalue weighted by Crippen LogP contribution is 2.47. The van der Waals surface area contributed by atoms with E-state index in [2.05, 4.69) is 0 Å². The standard InChI is InChI=1S/C17H18ClNO4/c18-11-16(22)23-13-5-3-12(4-6-13)19-14(20)9-17(10-15(19)21)7-1-2-8-17/h3-6H,1-2,7-11H2. The van der Waals surface area contributed by atoms with Crippen LogP contribution in [0.2, 0.25) is 0 Å². The molecule has 2 amide bonds. The van der Waals surface area contributed by atoms with E-state index in [4.69, 9.17) is 16.3 Å². The minimum absolute atomic E-state index is 0.111. The van der Waals surface area contributed by atoms with Gasteiger partial charge in [0.2, 0.25) is 11.8 Å². The van der Waals surface area contributed by atoms with E-state index in [9.17, 15) is 14.4 Å². The maximum Gasteiger partial charge on any atom is 0.326 e. The Kier molecular flexibility index (Phi) is 4.39. The summed E-state index contributed by atoms with van der Waals surface area (Å²) in [6.07, 6.45) is 4.99. The number of nitrogens with zero attached hydrogens (tertiary/aromatic N) is 1. The van der Waals surface area contributed by atoms with Crippen LogP contribution in [0.15, 0.2) is 24.3 Å². The quantitative estimate of drug-likeness (QED) is 0.368. The number of esters is 1. The fourth-order valence-electron chi connectivity index (χ4n) is 3.59. The number of ether oxygens (including phenoxy) is 1. The molecule has 23 heavy (non-hydrogen) atoms. The molecule has 2 fully saturated rings. The number of anilines is 1. The van der Waals surface area contributed by atoms with Gasteiger partial charge in [-0.15, -0.1) is 11.6 Å². The molecule has 1 spiro atoms. The van der Waals surface area contributed by atoms with Crippen molar-refractivity contribution in [2.24, 2.45) is 5.41 Å². The smallest absolute Gasteiger partial charge is 0.326 e. The summed E-state index contributed by atoms with van der Waals surface area (Å²) in [5.74, 6) is -0.731. The second kappa shape index (κ2) is 6.32. The largest absolute Gasteiger partial charge is 0.426 e. The summed E-state index contributed by atoms with van der Waals surface area (Å²) >= 11 is 5.38. The maximum absolute atomic E-state index is 12.5. The number of alkyl halides is 1. The van der Waals surface area contributed by atoms with E-state index in [-0.39, 0.29) is 23.1 Å². The Morgan fingerprint density at radius 1 is 1.09 bits per heavy atom. The zero-order valence-corrected chi connectivity index (χ0v) is 13.5. The van der Waals surface area contributed by atoms with Gasteiger partial charge in [0.1, 0.15) is 11.6 Å². The van der Waals surface area contributed by atoms with Crippen molar-refractivity contribution < 1.29 is 19.1 Å². The van der Waals surface area contributed by atoms with Crippen LogP contribution in [0, 0.1) is 5.41 Å². The number of imide groups is 1. The van der Waals surface area contributed by atoms with Crippen molar-refractivity contribution in [1.29, 1.82) is 0 Å². The van der Waals surface area contributed by atoms with Gasteiger partial charge in [-0.25, -0.2) is 0 Å². The van der Waals surface area contributed by atoms with Crippen LogP contribution in [0.5, 0.6) is 5.75 Å². The first-order chi connectivity index (χ1) is 11.0. The van der Waals surface area contributed by atoms with Crippen molar-refractivity contribution in [1.82, 2.24) is 0 Å². The number of piperidine rings is 1. The monoisotopic (exact) mass is 335 g/mol. The van der Waals surface area contributed by atoms with Crippen LogP contribution >= 0.6 is 11.6 Å². The number of hydrogen-bond acceptors (Lipinski definition) is 4. The van der Waals surface area contributed by atoms with Gasteiger partial charge in [0.25, 0.3) is 0 Å². The second-order valence-electron chi connectivity index (χ2n) is 6.29. The van der Waals surface area contributed by atoms with Gasteiger partial charge >= 0.3 is 5.97 Å². The minimum atomic E-state index is -0.548. The molecule has 122 valence electrons. The highest BCUT2D eigenvalue weighted by molar-refractivity contribution is 6.26. The fraction of sp³-hybridized carbons (Fsp3) is 0.471. The van der Waals surface area contributed by atoms with Gasteiger partial charge in [-0.2, -0.15) is 0 Å². The molecule has 1 heterocycles. The average Bonchev–Trinajstić information content (AvgIpc) is 2.95. The number of benzene rings is 1. The molecule has 3 rings (SSSR count). The molecule has 0 aromatic heterocycles. The number of halogens is 1. The fourth-order valence-corrected chi connectivity index (χ4v) is 3.64. The first kappa shape index (κ1) is 16.0. The Labute approximate surface area is 139 Å². The van der Waals surface area contributed by atoms with Gasteiger partial charge in [-0.3, -0.25) is 19.3 Å². The van der Waals surface area contributed by atoms with Crippen molar-refractivity contribution in [3.8, 4) is 5.75 Å². The van der Waals surface area contributed by atoms with Crippen LogP contribution < -0.4 is 9.64 Å². The van der Waals surface area contributed by atoms with Crippen molar-refractivity contribution in [3.05, 3.63) is 24.3 Å². The Balaban J connectivity index is 1.75. The Morgan fingerprint density at radius 2 is 1.65 bits per heavy atom. The lowest BCUT2D eigenvalue weighted by molar-refractivity contribution is -0.134. The Hall–Kier alpha value is -1.88. The molecule has 1 aromatic carbocycles. The molecule has 0 atom stereocenters. The third kappa shape index (κ3) is 3.24. The van der Waals surface area contributed by atoms with Gasteiger partial charge in [0, 0.05) is 12.8 Å². The molecule has 0 unspecified atom stereocenters. The highest BCUT2D eigenvalue weighted by Gasteiger charge is 2.45. The highest BCUT2D eigenvalue weighted by atomic mass is 35.5. The maximum atomic E-state index is 12.5. The van der Waals surface area contributed by atoms with E-state index in [1.165, 1.54) is 4.90 Å². The molecule has 5 nitrogen and oxygen atoms in total. The zero-order chi connectivity index (χ0) is 16.4. The molecular formula is C17H18ClNO4. The van der Waals surface area contributed by atoms with Gasteiger partial charge in [-0.1, -0.05) is 12.8 Å². The van der Waals surface area contributed by atoms with E-state index in [0.717, 1.165) is 25.7 Å². The van der Waals surface area contributed by atoms with Gasteiger partial charge in [-0.05, 0) is 42.5 Å². The topological polar surface area (TPSA) is 63.7 Å². The summed E-state index contributed by atoms with van der Waals surface area (Å²) in [4.78, 5) is 37.3. The molecule has 0 N–H and O–H groups in total. The number of hydrogen-bond donors (Lipinski definition) is 0. The summed E-state index contributed by atoms with van der Waals surface area (Å²) in [6.45, 7) is 0. The lowest BCUT2D eigenvalue weighted by Crippen LogP contribution is -2.47. The number of carbonyl (C=O) groups is 3. The number of amides is 2.